The maximum Gasteiger partial charge on any atom is 0.273 e. The molecule has 1 amide bonds. The van der Waals surface area contributed by atoms with E-state index in [0.29, 0.717) is 5.69 Å². The van der Waals surface area contributed by atoms with Gasteiger partial charge in [-0.15, -0.1) is 0 Å². The molecule has 4 N–H and O–H groups in total. The molecule has 8 heteroatoms. The smallest absolute Gasteiger partial charge is 0.273 e. The lowest BCUT2D eigenvalue weighted by Gasteiger charge is -2.02. The van der Waals surface area contributed by atoms with Crippen LogP contribution in [-0.4, -0.2) is 20.6 Å². The fourth-order valence-corrected chi connectivity index (χ4v) is 1.45. The first-order valence-electron chi connectivity index (χ1n) is 4.88. The van der Waals surface area contributed by atoms with Gasteiger partial charge in [-0.05, 0) is 12.1 Å². The highest BCUT2D eigenvalue weighted by Crippen LogP contribution is 2.21. The third-order valence-electron chi connectivity index (χ3n) is 2.24. The molecular weight excluding hydrogens is 238 g/mol. The van der Waals surface area contributed by atoms with Crippen LogP contribution >= 0.6 is 0 Å². The number of nitrogens with two attached hydrogens (primary N) is 2. The van der Waals surface area contributed by atoms with E-state index in [1.165, 1.54) is 35.1 Å². The molecule has 0 fully saturated rings. The van der Waals surface area contributed by atoms with Gasteiger partial charge in [-0.1, -0.05) is 0 Å². The van der Waals surface area contributed by atoms with Gasteiger partial charge in [0, 0.05) is 24.0 Å². The minimum Gasteiger partial charge on any atom is -0.398 e. The molecule has 0 bridgehead atoms. The number of non-ortho nitro benzene ring substituents is 1. The molecule has 0 aliphatic heterocycles. The summed E-state index contributed by atoms with van der Waals surface area (Å²) >= 11 is 0. The first kappa shape index (κ1) is 11.6. The molecule has 1 aromatic heterocycles. The summed E-state index contributed by atoms with van der Waals surface area (Å²) in [5, 5.41) is 14.6. The summed E-state index contributed by atoms with van der Waals surface area (Å²) in [6, 6.07) is 5.46. The van der Waals surface area contributed by atoms with Gasteiger partial charge in [-0.3, -0.25) is 14.9 Å². The van der Waals surface area contributed by atoms with Crippen molar-refractivity contribution in [3.05, 3.63) is 46.3 Å². The van der Waals surface area contributed by atoms with Crippen molar-refractivity contribution in [1.82, 2.24) is 9.78 Å². The Hall–Kier alpha value is -2.90. The molecule has 0 aliphatic carbocycles. The zero-order chi connectivity index (χ0) is 13.3. The van der Waals surface area contributed by atoms with Crippen molar-refractivity contribution >= 4 is 17.3 Å². The summed E-state index contributed by atoms with van der Waals surface area (Å²) < 4.78 is 1.30. The Balaban J connectivity index is 2.49. The third kappa shape index (κ3) is 2.12. The van der Waals surface area contributed by atoms with Crippen molar-refractivity contribution in [2.24, 2.45) is 5.73 Å². The Labute approximate surface area is 101 Å². The molecular formula is C10H9N5O3. The maximum atomic E-state index is 10.9. The van der Waals surface area contributed by atoms with E-state index in [-0.39, 0.29) is 17.1 Å². The number of hydrogen-bond acceptors (Lipinski definition) is 5. The highest BCUT2D eigenvalue weighted by atomic mass is 16.6. The van der Waals surface area contributed by atoms with Crippen molar-refractivity contribution in [1.29, 1.82) is 0 Å². The van der Waals surface area contributed by atoms with E-state index >= 15 is 0 Å². The van der Waals surface area contributed by atoms with Crippen LogP contribution in [0.4, 0.5) is 11.4 Å². The highest BCUT2D eigenvalue weighted by molar-refractivity contribution is 5.90. The van der Waals surface area contributed by atoms with Crippen molar-refractivity contribution < 1.29 is 9.72 Å². The van der Waals surface area contributed by atoms with Gasteiger partial charge in [0.2, 0.25) is 0 Å². The van der Waals surface area contributed by atoms with E-state index in [4.69, 9.17) is 11.5 Å². The average molecular weight is 247 g/mol. The summed E-state index contributed by atoms with van der Waals surface area (Å²) in [6.45, 7) is 0. The molecule has 0 spiro atoms. The second-order valence-electron chi connectivity index (χ2n) is 3.55. The molecule has 0 radical (unpaired) electrons. The van der Waals surface area contributed by atoms with Gasteiger partial charge in [0.15, 0.2) is 0 Å². The van der Waals surface area contributed by atoms with Gasteiger partial charge >= 0.3 is 0 Å². The predicted octanol–water partition coefficient (Wildman–Crippen LogP) is 0.462. The maximum absolute atomic E-state index is 10.9. The summed E-state index contributed by atoms with van der Waals surface area (Å²) in [7, 11) is 0. The van der Waals surface area contributed by atoms with Gasteiger partial charge in [0.1, 0.15) is 5.69 Å². The number of nitrogens with zero attached hydrogens (tertiary/aromatic N) is 3. The molecule has 0 aliphatic rings. The highest BCUT2D eigenvalue weighted by Gasteiger charge is 2.11. The van der Waals surface area contributed by atoms with Crippen LogP contribution in [0.15, 0.2) is 30.5 Å². The number of nitrogen functional groups attached to an aromatic ring is 1. The number of aromatic nitrogens is 2. The number of carbonyl (C=O) groups excluding carboxylic acids is 1. The Kier molecular flexibility index (Phi) is 2.68. The monoisotopic (exact) mass is 247 g/mol. The predicted molar refractivity (Wildman–Crippen MR) is 63.1 cm³/mol. The molecule has 2 rings (SSSR count). The largest absolute Gasteiger partial charge is 0.398 e. The Morgan fingerprint density at radius 2 is 2.11 bits per heavy atom. The molecule has 1 heterocycles. The number of rotatable bonds is 3. The van der Waals surface area contributed by atoms with Gasteiger partial charge in [-0.2, -0.15) is 5.10 Å². The molecule has 0 saturated heterocycles. The number of hydrogen-bond donors (Lipinski definition) is 2. The van der Waals surface area contributed by atoms with Crippen molar-refractivity contribution in [2.45, 2.75) is 0 Å². The second kappa shape index (κ2) is 4.17. The Bertz CT molecular complexity index is 634. The first-order chi connectivity index (χ1) is 8.47. The lowest BCUT2D eigenvalue weighted by Crippen LogP contribution is -2.12. The molecule has 2 aromatic rings. The van der Waals surface area contributed by atoms with Crippen LogP contribution < -0.4 is 11.5 Å². The van der Waals surface area contributed by atoms with Gasteiger partial charge < -0.3 is 11.5 Å². The third-order valence-corrected chi connectivity index (χ3v) is 2.24. The summed E-state index contributed by atoms with van der Waals surface area (Å²) in [5.74, 6) is -0.674. The Morgan fingerprint density at radius 1 is 1.39 bits per heavy atom. The molecule has 92 valence electrons. The standard InChI is InChI=1S/C10H9N5O3/c11-6-3-7(5-8(4-6)15(17)18)14-2-1-9(13-14)10(12)16/h1-5H,11H2,(H2,12,16). The second-order valence-corrected chi connectivity index (χ2v) is 3.55. The molecule has 0 saturated carbocycles. The van der Waals surface area contributed by atoms with Gasteiger partial charge in [0.25, 0.3) is 11.6 Å². The van der Waals surface area contributed by atoms with Crippen molar-refractivity contribution in [3.8, 4) is 5.69 Å². The minimum atomic E-state index is -0.674. The SMILES string of the molecule is NC(=O)c1ccn(-c2cc(N)cc([N+](=O)[O-])c2)n1. The van der Waals surface area contributed by atoms with E-state index in [0.717, 1.165) is 0 Å². The number of nitro groups is 1. The zero-order valence-corrected chi connectivity index (χ0v) is 9.11. The number of amides is 1. The van der Waals surface area contributed by atoms with E-state index in [1.807, 2.05) is 0 Å². The van der Waals surface area contributed by atoms with E-state index < -0.39 is 10.8 Å². The molecule has 1 aromatic carbocycles. The quantitative estimate of drug-likeness (QED) is 0.462. The van der Waals surface area contributed by atoms with Gasteiger partial charge in [-0.25, -0.2) is 4.68 Å². The van der Waals surface area contributed by atoms with Crippen LogP contribution in [0, 0.1) is 10.1 Å². The summed E-state index contributed by atoms with van der Waals surface area (Å²) in [5.41, 5.74) is 11.2. The summed E-state index contributed by atoms with van der Waals surface area (Å²) in [4.78, 5) is 21.0. The number of anilines is 1. The fraction of sp³-hybridized carbons (Fsp3) is 0. The zero-order valence-electron chi connectivity index (χ0n) is 9.11. The van der Waals surface area contributed by atoms with Crippen molar-refractivity contribution in [2.75, 3.05) is 5.73 Å². The lowest BCUT2D eigenvalue weighted by molar-refractivity contribution is -0.384. The lowest BCUT2D eigenvalue weighted by atomic mass is 10.2. The van der Waals surface area contributed by atoms with E-state index in [9.17, 15) is 14.9 Å². The number of benzene rings is 1. The molecule has 8 nitrogen and oxygen atoms in total. The van der Waals surface area contributed by atoms with E-state index in [2.05, 4.69) is 5.10 Å². The molecule has 0 unspecified atom stereocenters. The minimum absolute atomic E-state index is 0.0695. The van der Waals surface area contributed by atoms with Crippen LogP contribution in [-0.2, 0) is 0 Å². The molecule has 0 atom stereocenters. The topological polar surface area (TPSA) is 130 Å². The fourth-order valence-electron chi connectivity index (χ4n) is 1.45. The van der Waals surface area contributed by atoms with Crippen LogP contribution in [0.3, 0.4) is 0 Å². The van der Waals surface area contributed by atoms with Crippen LogP contribution in [0.1, 0.15) is 10.5 Å². The van der Waals surface area contributed by atoms with Crippen LogP contribution in [0.2, 0.25) is 0 Å². The van der Waals surface area contributed by atoms with E-state index in [1.54, 1.807) is 0 Å². The number of nitro benzene ring substituents is 1. The average Bonchev–Trinajstić information content (AvgIpc) is 2.77. The normalized spacial score (nSPS) is 10.2. The molecule has 18 heavy (non-hydrogen) atoms. The van der Waals surface area contributed by atoms with Crippen LogP contribution in [0.25, 0.3) is 5.69 Å². The summed E-state index contributed by atoms with van der Waals surface area (Å²) in [6.07, 6.45) is 1.47. The number of primary amides is 1. The van der Waals surface area contributed by atoms with Crippen molar-refractivity contribution in [3.63, 3.8) is 0 Å². The van der Waals surface area contributed by atoms with Gasteiger partial charge in [0.05, 0.1) is 10.6 Å². The van der Waals surface area contributed by atoms with Crippen LogP contribution in [0.5, 0.6) is 0 Å². The first-order valence-corrected chi connectivity index (χ1v) is 4.88. The number of carbonyl (C=O) groups is 1. The Morgan fingerprint density at radius 3 is 2.67 bits per heavy atom.